The quantitative estimate of drug-likeness (QED) is 0.847. The molecule has 1 aromatic carbocycles. The fourth-order valence-corrected chi connectivity index (χ4v) is 1.83. The van der Waals surface area contributed by atoms with Gasteiger partial charge < -0.3 is 5.32 Å². The Morgan fingerprint density at radius 3 is 2.67 bits per heavy atom. The van der Waals surface area contributed by atoms with E-state index >= 15 is 0 Å². The smallest absolute Gasteiger partial charge is 0.0292 e. The summed E-state index contributed by atoms with van der Waals surface area (Å²) in [5, 5.41) is 3.56. The molecule has 1 N–H and O–H groups in total. The van der Waals surface area contributed by atoms with Crippen molar-refractivity contribution in [3.05, 3.63) is 34.3 Å². The fourth-order valence-electron chi connectivity index (χ4n) is 1.42. The number of benzene rings is 1. The molecule has 2 heteroatoms. The van der Waals surface area contributed by atoms with Crippen molar-refractivity contribution in [2.24, 2.45) is 5.92 Å². The Hall–Kier alpha value is -0.340. The maximum atomic E-state index is 3.56. The molecule has 0 bridgehead atoms. The van der Waals surface area contributed by atoms with Crippen LogP contribution in [-0.4, -0.2) is 6.54 Å². The molecule has 0 aliphatic heterocycles. The van der Waals surface area contributed by atoms with Crippen LogP contribution in [0.3, 0.4) is 0 Å². The van der Waals surface area contributed by atoms with Gasteiger partial charge in [0.2, 0.25) is 0 Å². The zero-order chi connectivity index (χ0) is 11.3. The van der Waals surface area contributed by atoms with Crippen molar-refractivity contribution in [1.29, 1.82) is 0 Å². The molecule has 0 heterocycles. The summed E-state index contributed by atoms with van der Waals surface area (Å²) in [5.74, 6) is 0.750. The second kappa shape index (κ2) is 6.29. The molecule has 0 aliphatic carbocycles. The van der Waals surface area contributed by atoms with Gasteiger partial charge in [0.05, 0.1) is 0 Å². The van der Waals surface area contributed by atoms with Gasteiger partial charge in [-0.2, -0.15) is 0 Å². The first kappa shape index (κ1) is 12.7. The second-order valence-electron chi connectivity index (χ2n) is 4.20. The van der Waals surface area contributed by atoms with E-state index in [0.717, 1.165) is 16.9 Å². The summed E-state index contributed by atoms with van der Waals surface area (Å²) in [6, 6.07) is 8.91. The standard InChI is InChI=1S/C13H20BrN/c1-4-10(2)9-15-11(3)12-6-5-7-13(14)8-12/h5-8,10-11,15H,4,9H2,1-3H3/t10?,11-/m1/s1. The lowest BCUT2D eigenvalue weighted by Gasteiger charge is -2.17. The largest absolute Gasteiger partial charge is 0.310 e. The van der Waals surface area contributed by atoms with Gasteiger partial charge in [0.15, 0.2) is 0 Å². The van der Waals surface area contributed by atoms with Gasteiger partial charge >= 0.3 is 0 Å². The molecule has 2 atom stereocenters. The number of nitrogens with one attached hydrogen (secondary N) is 1. The minimum absolute atomic E-state index is 0.427. The molecule has 0 aliphatic rings. The summed E-state index contributed by atoms with van der Waals surface area (Å²) in [4.78, 5) is 0. The first-order valence-corrected chi connectivity index (χ1v) is 6.41. The topological polar surface area (TPSA) is 12.0 Å². The Morgan fingerprint density at radius 2 is 2.07 bits per heavy atom. The normalized spacial score (nSPS) is 14.9. The molecule has 0 saturated heterocycles. The highest BCUT2D eigenvalue weighted by atomic mass is 79.9. The first-order chi connectivity index (χ1) is 7.13. The Bertz CT molecular complexity index is 298. The predicted molar refractivity (Wildman–Crippen MR) is 70.0 cm³/mol. The summed E-state index contributed by atoms with van der Waals surface area (Å²) in [6.07, 6.45) is 1.23. The molecule has 1 rings (SSSR count). The van der Waals surface area contributed by atoms with Gasteiger partial charge in [-0.1, -0.05) is 48.3 Å². The van der Waals surface area contributed by atoms with Crippen molar-refractivity contribution in [1.82, 2.24) is 5.32 Å². The summed E-state index contributed by atoms with van der Waals surface area (Å²) in [7, 11) is 0. The minimum atomic E-state index is 0.427. The third-order valence-corrected chi connectivity index (χ3v) is 3.31. The number of rotatable bonds is 5. The Morgan fingerprint density at radius 1 is 1.33 bits per heavy atom. The van der Waals surface area contributed by atoms with Crippen LogP contribution in [-0.2, 0) is 0 Å². The van der Waals surface area contributed by atoms with Crippen molar-refractivity contribution < 1.29 is 0 Å². The van der Waals surface area contributed by atoms with Crippen LogP contribution in [0.2, 0.25) is 0 Å². The zero-order valence-electron chi connectivity index (χ0n) is 9.76. The third kappa shape index (κ3) is 4.35. The lowest BCUT2D eigenvalue weighted by Crippen LogP contribution is -2.24. The lowest BCUT2D eigenvalue weighted by atomic mass is 10.1. The van der Waals surface area contributed by atoms with Crippen molar-refractivity contribution in [3.8, 4) is 0 Å². The summed E-state index contributed by atoms with van der Waals surface area (Å²) in [6.45, 7) is 7.81. The molecule has 1 aromatic rings. The molecule has 1 unspecified atom stereocenters. The first-order valence-electron chi connectivity index (χ1n) is 5.62. The van der Waals surface area contributed by atoms with Crippen LogP contribution in [0, 0.1) is 5.92 Å². The van der Waals surface area contributed by atoms with Gasteiger partial charge in [-0.3, -0.25) is 0 Å². The highest BCUT2D eigenvalue weighted by Crippen LogP contribution is 2.18. The maximum absolute atomic E-state index is 3.56. The molecule has 84 valence electrons. The number of hydrogen-bond acceptors (Lipinski definition) is 1. The van der Waals surface area contributed by atoms with Crippen LogP contribution in [0.15, 0.2) is 28.7 Å². The second-order valence-corrected chi connectivity index (χ2v) is 5.11. The van der Waals surface area contributed by atoms with Gasteiger partial charge in [-0.05, 0) is 37.1 Å². The van der Waals surface area contributed by atoms with E-state index in [4.69, 9.17) is 0 Å². The molecule has 15 heavy (non-hydrogen) atoms. The van der Waals surface area contributed by atoms with Crippen molar-refractivity contribution >= 4 is 15.9 Å². The van der Waals surface area contributed by atoms with E-state index in [0.29, 0.717) is 6.04 Å². The van der Waals surface area contributed by atoms with Crippen molar-refractivity contribution in [3.63, 3.8) is 0 Å². The van der Waals surface area contributed by atoms with Crippen LogP contribution in [0.5, 0.6) is 0 Å². The molecule has 1 nitrogen and oxygen atoms in total. The molecule has 0 fully saturated rings. The average molecular weight is 270 g/mol. The van der Waals surface area contributed by atoms with Crippen molar-refractivity contribution in [2.45, 2.75) is 33.2 Å². The molecule has 0 spiro atoms. The van der Waals surface area contributed by atoms with Crippen LogP contribution in [0.25, 0.3) is 0 Å². The predicted octanol–water partition coefficient (Wildman–Crippen LogP) is 4.15. The van der Waals surface area contributed by atoms with Crippen LogP contribution < -0.4 is 5.32 Å². The summed E-state index contributed by atoms with van der Waals surface area (Å²) >= 11 is 3.50. The Kier molecular flexibility index (Phi) is 5.34. The SMILES string of the molecule is CCC(C)CN[C@H](C)c1cccc(Br)c1. The van der Waals surface area contributed by atoms with Gasteiger partial charge in [-0.25, -0.2) is 0 Å². The molecule has 0 radical (unpaired) electrons. The summed E-state index contributed by atoms with van der Waals surface area (Å²) < 4.78 is 1.15. The van der Waals surface area contributed by atoms with Gasteiger partial charge in [-0.15, -0.1) is 0 Å². The zero-order valence-corrected chi connectivity index (χ0v) is 11.3. The van der Waals surface area contributed by atoms with E-state index in [2.05, 4.69) is 66.3 Å². The van der Waals surface area contributed by atoms with E-state index in [1.165, 1.54) is 12.0 Å². The minimum Gasteiger partial charge on any atom is -0.310 e. The monoisotopic (exact) mass is 269 g/mol. The van der Waals surface area contributed by atoms with E-state index in [-0.39, 0.29) is 0 Å². The van der Waals surface area contributed by atoms with E-state index in [9.17, 15) is 0 Å². The van der Waals surface area contributed by atoms with E-state index in [1.54, 1.807) is 0 Å². The fraction of sp³-hybridized carbons (Fsp3) is 0.538. The highest BCUT2D eigenvalue weighted by molar-refractivity contribution is 9.10. The molecule has 0 saturated carbocycles. The Labute approximate surface area is 101 Å². The molecular weight excluding hydrogens is 250 g/mol. The van der Waals surface area contributed by atoms with E-state index in [1.807, 2.05) is 0 Å². The molecular formula is C13H20BrN. The highest BCUT2D eigenvalue weighted by Gasteiger charge is 2.06. The van der Waals surface area contributed by atoms with Gasteiger partial charge in [0.25, 0.3) is 0 Å². The van der Waals surface area contributed by atoms with Crippen LogP contribution >= 0.6 is 15.9 Å². The van der Waals surface area contributed by atoms with Gasteiger partial charge in [0.1, 0.15) is 0 Å². The van der Waals surface area contributed by atoms with Crippen LogP contribution in [0.4, 0.5) is 0 Å². The van der Waals surface area contributed by atoms with Crippen LogP contribution in [0.1, 0.15) is 38.8 Å². The average Bonchev–Trinajstić information content (AvgIpc) is 2.25. The molecule has 0 amide bonds. The summed E-state index contributed by atoms with van der Waals surface area (Å²) in [5.41, 5.74) is 1.34. The number of hydrogen-bond donors (Lipinski definition) is 1. The number of halogens is 1. The van der Waals surface area contributed by atoms with Crippen molar-refractivity contribution in [2.75, 3.05) is 6.54 Å². The van der Waals surface area contributed by atoms with E-state index < -0.39 is 0 Å². The van der Waals surface area contributed by atoms with Gasteiger partial charge in [0, 0.05) is 10.5 Å². The lowest BCUT2D eigenvalue weighted by molar-refractivity contribution is 0.461. The molecule has 0 aromatic heterocycles. The third-order valence-electron chi connectivity index (χ3n) is 2.82. The maximum Gasteiger partial charge on any atom is 0.0292 e. The Balaban J connectivity index is 2.50.